The van der Waals surface area contributed by atoms with Crippen molar-refractivity contribution in [3.63, 3.8) is 0 Å². The molecule has 5 nitrogen and oxygen atoms in total. The van der Waals surface area contributed by atoms with Crippen LogP contribution >= 0.6 is 0 Å². The molecule has 24 heavy (non-hydrogen) atoms. The van der Waals surface area contributed by atoms with Crippen molar-refractivity contribution in [3.8, 4) is 12.1 Å². The van der Waals surface area contributed by atoms with E-state index >= 15 is 0 Å². The molecule has 2 aromatic rings. The van der Waals surface area contributed by atoms with Crippen LogP contribution in [-0.2, 0) is 16.6 Å². The second-order valence-corrected chi connectivity index (χ2v) is 7.48. The Bertz CT molecular complexity index is 887. The predicted octanol–water partition coefficient (Wildman–Crippen LogP) is 3.03. The Morgan fingerprint density at radius 3 is 1.79 bits per heavy atom. The maximum atomic E-state index is 12.9. The first-order valence-corrected chi connectivity index (χ1v) is 8.83. The van der Waals surface area contributed by atoms with Gasteiger partial charge in [-0.2, -0.15) is 14.8 Å². The standard InChI is InChI=1S/C18H17N3O2S/c1-14(2)21(13-17-5-3-15(11-19)4-6-17)24(22,23)18-9-7-16(12-20)8-10-18/h3-10,14H,13H2,1-2H3. The number of hydrogen-bond acceptors (Lipinski definition) is 4. The van der Waals surface area contributed by atoms with Crippen LogP contribution in [0.25, 0.3) is 0 Å². The number of sulfonamides is 1. The van der Waals surface area contributed by atoms with Crippen molar-refractivity contribution in [1.29, 1.82) is 10.5 Å². The molecule has 0 aliphatic carbocycles. The molecule has 0 atom stereocenters. The number of benzene rings is 2. The van der Waals surface area contributed by atoms with Crippen LogP contribution in [0.4, 0.5) is 0 Å². The van der Waals surface area contributed by atoms with Gasteiger partial charge in [0.15, 0.2) is 0 Å². The topological polar surface area (TPSA) is 85.0 Å². The predicted molar refractivity (Wildman–Crippen MR) is 90.2 cm³/mol. The lowest BCUT2D eigenvalue weighted by atomic mass is 10.1. The van der Waals surface area contributed by atoms with E-state index in [4.69, 9.17) is 10.5 Å². The lowest BCUT2D eigenvalue weighted by Crippen LogP contribution is -2.36. The van der Waals surface area contributed by atoms with Crippen molar-refractivity contribution >= 4 is 10.0 Å². The summed E-state index contributed by atoms with van der Waals surface area (Å²) in [5.74, 6) is 0. The van der Waals surface area contributed by atoms with E-state index in [1.54, 1.807) is 24.3 Å². The minimum atomic E-state index is -3.68. The summed E-state index contributed by atoms with van der Waals surface area (Å²) in [5.41, 5.74) is 1.75. The summed E-state index contributed by atoms with van der Waals surface area (Å²) in [4.78, 5) is 0.156. The molecule has 0 saturated heterocycles. The van der Waals surface area contributed by atoms with Gasteiger partial charge in [-0.1, -0.05) is 12.1 Å². The van der Waals surface area contributed by atoms with Gasteiger partial charge in [-0.3, -0.25) is 0 Å². The van der Waals surface area contributed by atoms with E-state index in [0.717, 1.165) is 5.56 Å². The number of rotatable bonds is 5. The zero-order valence-corrected chi connectivity index (χ0v) is 14.3. The fourth-order valence-corrected chi connectivity index (χ4v) is 3.87. The van der Waals surface area contributed by atoms with E-state index in [2.05, 4.69) is 0 Å². The van der Waals surface area contributed by atoms with Gasteiger partial charge >= 0.3 is 0 Å². The molecule has 0 saturated carbocycles. The van der Waals surface area contributed by atoms with Crippen LogP contribution in [0, 0.1) is 22.7 Å². The van der Waals surface area contributed by atoms with Crippen LogP contribution in [-0.4, -0.2) is 18.8 Å². The molecule has 0 unspecified atom stereocenters. The first-order chi connectivity index (χ1) is 11.4. The molecular weight excluding hydrogens is 322 g/mol. The first-order valence-electron chi connectivity index (χ1n) is 7.39. The lowest BCUT2D eigenvalue weighted by molar-refractivity contribution is 0.348. The molecule has 0 fully saturated rings. The zero-order chi connectivity index (χ0) is 17.7. The third-order valence-corrected chi connectivity index (χ3v) is 5.62. The van der Waals surface area contributed by atoms with Gasteiger partial charge in [0.05, 0.1) is 28.2 Å². The Labute approximate surface area is 142 Å². The monoisotopic (exact) mass is 339 g/mol. The van der Waals surface area contributed by atoms with Crippen molar-refractivity contribution < 1.29 is 8.42 Å². The molecule has 0 aliphatic heterocycles. The highest BCUT2D eigenvalue weighted by Crippen LogP contribution is 2.21. The minimum absolute atomic E-state index is 0.156. The SMILES string of the molecule is CC(C)N(Cc1ccc(C#N)cc1)S(=O)(=O)c1ccc(C#N)cc1. The summed E-state index contributed by atoms with van der Waals surface area (Å²) in [7, 11) is -3.68. The maximum absolute atomic E-state index is 12.9. The lowest BCUT2D eigenvalue weighted by Gasteiger charge is -2.26. The minimum Gasteiger partial charge on any atom is -0.207 e. The van der Waals surface area contributed by atoms with Gasteiger partial charge in [0.1, 0.15) is 0 Å². The summed E-state index contributed by atoms with van der Waals surface area (Å²) in [6.07, 6.45) is 0. The van der Waals surface area contributed by atoms with Crippen molar-refractivity contribution in [2.75, 3.05) is 0 Å². The van der Waals surface area contributed by atoms with E-state index < -0.39 is 10.0 Å². The molecule has 0 radical (unpaired) electrons. The number of hydrogen-bond donors (Lipinski definition) is 0. The van der Waals surface area contributed by atoms with Crippen LogP contribution in [0.15, 0.2) is 53.4 Å². The van der Waals surface area contributed by atoms with Gasteiger partial charge in [0.25, 0.3) is 0 Å². The van der Waals surface area contributed by atoms with Crippen LogP contribution in [0.2, 0.25) is 0 Å². The van der Waals surface area contributed by atoms with E-state index in [1.807, 2.05) is 26.0 Å². The summed E-state index contributed by atoms with van der Waals surface area (Å²) in [6, 6.07) is 16.5. The molecule has 0 aromatic heterocycles. The molecule has 2 aromatic carbocycles. The Balaban J connectivity index is 2.34. The van der Waals surface area contributed by atoms with Crippen molar-refractivity contribution in [3.05, 3.63) is 65.2 Å². The maximum Gasteiger partial charge on any atom is 0.243 e. The fraction of sp³-hybridized carbons (Fsp3) is 0.222. The molecule has 122 valence electrons. The second-order valence-electron chi connectivity index (χ2n) is 5.59. The smallest absolute Gasteiger partial charge is 0.207 e. The first kappa shape index (κ1) is 17.7. The summed E-state index contributed by atoms with van der Waals surface area (Å²) in [5, 5.41) is 17.7. The molecule has 6 heteroatoms. The molecule has 0 N–H and O–H groups in total. The van der Waals surface area contributed by atoms with Crippen LogP contribution in [0.5, 0.6) is 0 Å². The van der Waals surface area contributed by atoms with E-state index in [9.17, 15) is 8.42 Å². The summed E-state index contributed by atoms with van der Waals surface area (Å²) < 4.78 is 27.2. The Kier molecular flexibility index (Phi) is 5.35. The quantitative estimate of drug-likeness (QED) is 0.838. The Morgan fingerprint density at radius 1 is 0.917 bits per heavy atom. The van der Waals surface area contributed by atoms with E-state index in [-0.39, 0.29) is 17.5 Å². The molecule has 0 spiro atoms. The third kappa shape index (κ3) is 3.80. The van der Waals surface area contributed by atoms with Gasteiger partial charge in [0, 0.05) is 12.6 Å². The van der Waals surface area contributed by atoms with Gasteiger partial charge in [-0.05, 0) is 55.8 Å². The van der Waals surface area contributed by atoms with Crippen LogP contribution in [0.1, 0.15) is 30.5 Å². The average Bonchev–Trinajstić information content (AvgIpc) is 2.59. The second kappa shape index (κ2) is 7.27. The van der Waals surface area contributed by atoms with Crippen molar-refractivity contribution in [2.24, 2.45) is 0 Å². The van der Waals surface area contributed by atoms with E-state index in [0.29, 0.717) is 11.1 Å². The zero-order valence-electron chi connectivity index (χ0n) is 13.5. The third-order valence-electron chi connectivity index (χ3n) is 3.59. The Morgan fingerprint density at radius 2 is 1.38 bits per heavy atom. The normalized spacial score (nSPS) is 11.2. The van der Waals surface area contributed by atoms with Crippen molar-refractivity contribution in [2.45, 2.75) is 31.3 Å². The highest BCUT2D eigenvalue weighted by atomic mass is 32.2. The molecular formula is C18H17N3O2S. The average molecular weight is 339 g/mol. The van der Waals surface area contributed by atoms with Gasteiger partial charge < -0.3 is 0 Å². The van der Waals surface area contributed by atoms with E-state index in [1.165, 1.54) is 28.6 Å². The van der Waals surface area contributed by atoms with Gasteiger partial charge in [-0.25, -0.2) is 8.42 Å². The number of nitrogens with zero attached hydrogens (tertiary/aromatic N) is 3. The number of nitriles is 2. The summed E-state index contributed by atoms with van der Waals surface area (Å²) in [6.45, 7) is 3.83. The molecule has 0 amide bonds. The largest absolute Gasteiger partial charge is 0.243 e. The highest BCUT2D eigenvalue weighted by molar-refractivity contribution is 7.89. The summed E-state index contributed by atoms with van der Waals surface area (Å²) >= 11 is 0. The van der Waals surface area contributed by atoms with Crippen LogP contribution in [0.3, 0.4) is 0 Å². The molecule has 0 heterocycles. The van der Waals surface area contributed by atoms with Gasteiger partial charge in [0.2, 0.25) is 10.0 Å². The van der Waals surface area contributed by atoms with Crippen LogP contribution < -0.4 is 0 Å². The molecule has 0 bridgehead atoms. The fourth-order valence-electron chi connectivity index (χ4n) is 2.25. The van der Waals surface area contributed by atoms with Crippen molar-refractivity contribution in [1.82, 2.24) is 4.31 Å². The Hall–Kier alpha value is -2.67. The van der Waals surface area contributed by atoms with Gasteiger partial charge in [-0.15, -0.1) is 0 Å². The molecule has 0 aliphatic rings. The highest BCUT2D eigenvalue weighted by Gasteiger charge is 2.27. The molecule has 2 rings (SSSR count).